The first-order valence-electron chi connectivity index (χ1n) is 5.20. The fourth-order valence-electron chi connectivity index (χ4n) is 1.53. The van der Waals surface area contributed by atoms with Gasteiger partial charge in [-0.1, -0.05) is 0 Å². The van der Waals surface area contributed by atoms with Gasteiger partial charge in [0.05, 0.1) is 5.56 Å². The molecule has 0 radical (unpaired) electrons. The molecule has 3 nitrogen and oxygen atoms in total. The first-order chi connectivity index (χ1) is 8.47. The predicted octanol–water partition coefficient (Wildman–Crippen LogP) is 2.68. The molecule has 7 heteroatoms. The van der Waals surface area contributed by atoms with Gasteiger partial charge in [0.1, 0.15) is 18.5 Å². The number of rotatable bonds is 3. The molecule has 1 aromatic carbocycles. The summed E-state index contributed by atoms with van der Waals surface area (Å²) in [5.74, 6) is -1.29. The molecule has 0 aromatic heterocycles. The molecule has 0 amide bonds. The first-order valence-corrected chi connectivity index (χ1v) is 5.20. The number of alkyl halides is 3. The molecule has 18 heavy (non-hydrogen) atoms. The molecule has 1 unspecified atom stereocenters. The van der Waals surface area contributed by atoms with Crippen LogP contribution in [0.3, 0.4) is 0 Å². The second-order valence-corrected chi connectivity index (χ2v) is 3.81. The minimum Gasteiger partial charge on any atom is -0.481 e. The van der Waals surface area contributed by atoms with Crippen molar-refractivity contribution in [3.05, 3.63) is 29.6 Å². The van der Waals surface area contributed by atoms with Crippen molar-refractivity contribution in [2.45, 2.75) is 12.2 Å². The van der Waals surface area contributed by atoms with Gasteiger partial charge in [0.25, 0.3) is 0 Å². The zero-order valence-corrected chi connectivity index (χ0v) is 9.17. The Morgan fingerprint density at radius 2 is 2.17 bits per heavy atom. The number of aliphatic imine (C=N–C) groups is 1. The normalized spacial score (nSPS) is 18.8. The quantitative estimate of drug-likeness (QED) is 0.850. The van der Waals surface area contributed by atoms with Gasteiger partial charge in [0, 0.05) is 12.2 Å². The summed E-state index contributed by atoms with van der Waals surface area (Å²) < 4.78 is 55.1. The van der Waals surface area contributed by atoms with E-state index in [-0.39, 0.29) is 11.7 Å². The number of anilines is 1. The van der Waals surface area contributed by atoms with Crippen molar-refractivity contribution >= 4 is 12.1 Å². The average Bonchev–Trinajstić information content (AvgIpc) is 2.77. The Morgan fingerprint density at radius 3 is 2.72 bits per heavy atom. The summed E-state index contributed by atoms with van der Waals surface area (Å²) in [6.45, 7) is 0.789. The molecule has 0 spiro atoms. The van der Waals surface area contributed by atoms with Crippen molar-refractivity contribution in [3.63, 3.8) is 0 Å². The maximum Gasteiger partial charge on any atom is 0.419 e. The van der Waals surface area contributed by atoms with Crippen molar-refractivity contribution in [3.8, 4) is 0 Å². The van der Waals surface area contributed by atoms with E-state index < -0.39 is 17.6 Å². The van der Waals surface area contributed by atoms with Crippen LogP contribution in [0.2, 0.25) is 0 Å². The Bertz CT molecular complexity index is 459. The third-order valence-electron chi connectivity index (χ3n) is 2.45. The monoisotopic (exact) mass is 262 g/mol. The Morgan fingerprint density at radius 1 is 1.39 bits per heavy atom. The molecule has 0 saturated heterocycles. The maximum atomic E-state index is 13.2. The van der Waals surface area contributed by atoms with Crippen LogP contribution in [0.25, 0.3) is 0 Å². The molecule has 1 aliphatic heterocycles. The van der Waals surface area contributed by atoms with Gasteiger partial charge < -0.3 is 10.1 Å². The van der Waals surface area contributed by atoms with Crippen LogP contribution in [0.15, 0.2) is 23.2 Å². The topological polar surface area (TPSA) is 33.6 Å². The minimum absolute atomic E-state index is 0.102. The number of nitrogens with zero attached hydrogens (tertiary/aromatic N) is 1. The standard InChI is InChI=1S/C11H10F4N2O/c12-10-3-7(1-2-9(10)11(13,14)15)16-4-8-5-18-6-17-8/h1-3,6,8,16H,4-5H2. The van der Waals surface area contributed by atoms with E-state index in [2.05, 4.69) is 10.3 Å². The molecule has 0 saturated carbocycles. The summed E-state index contributed by atoms with van der Waals surface area (Å²) in [5.41, 5.74) is -0.988. The smallest absolute Gasteiger partial charge is 0.419 e. The first kappa shape index (κ1) is 12.7. The van der Waals surface area contributed by atoms with E-state index in [9.17, 15) is 17.6 Å². The molecule has 1 atom stereocenters. The van der Waals surface area contributed by atoms with E-state index in [1.54, 1.807) is 0 Å². The summed E-state index contributed by atoms with van der Waals surface area (Å²) in [6.07, 6.45) is -3.36. The minimum atomic E-state index is -4.67. The highest BCUT2D eigenvalue weighted by Crippen LogP contribution is 2.32. The lowest BCUT2D eigenvalue weighted by Crippen LogP contribution is -2.19. The fraction of sp³-hybridized carbons (Fsp3) is 0.364. The number of halogens is 4. The lowest BCUT2D eigenvalue weighted by Gasteiger charge is -2.12. The zero-order valence-electron chi connectivity index (χ0n) is 9.17. The van der Waals surface area contributed by atoms with Crippen molar-refractivity contribution in [1.29, 1.82) is 0 Å². The summed E-state index contributed by atoms with van der Waals surface area (Å²) in [5, 5.41) is 2.80. The van der Waals surface area contributed by atoms with Gasteiger partial charge in [-0.3, -0.25) is 0 Å². The number of nitrogens with one attached hydrogen (secondary N) is 1. The Hall–Kier alpha value is -1.79. The van der Waals surface area contributed by atoms with Crippen molar-refractivity contribution in [1.82, 2.24) is 0 Å². The Kier molecular flexibility index (Phi) is 3.40. The van der Waals surface area contributed by atoms with Crippen LogP contribution in [0.5, 0.6) is 0 Å². The van der Waals surface area contributed by atoms with Crippen molar-refractivity contribution < 1.29 is 22.3 Å². The van der Waals surface area contributed by atoms with E-state index in [1.165, 1.54) is 12.5 Å². The summed E-state index contributed by atoms with van der Waals surface area (Å²) >= 11 is 0. The van der Waals surface area contributed by atoms with Gasteiger partial charge in [-0.25, -0.2) is 9.38 Å². The maximum absolute atomic E-state index is 13.2. The molecular formula is C11H10F4N2O. The number of hydrogen-bond donors (Lipinski definition) is 1. The molecule has 98 valence electrons. The molecule has 1 N–H and O–H groups in total. The molecule has 2 rings (SSSR count). The Labute approximate surface area is 100 Å². The van der Waals surface area contributed by atoms with E-state index >= 15 is 0 Å². The largest absolute Gasteiger partial charge is 0.481 e. The molecule has 0 bridgehead atoms. The van der Waals surface area contributed by atoms with Crippen LogP contribution in [-0.2, 0) is 10.9 Å². The van der Waals surface area contributed by atoms with Crippen LogP contribution in [0.4, 0.5) is 23.2 Å². The van der Waals surface area contributed by atoms with Gasteiger partial charge in [0.2, 0.25) is 0 Å². The lowest BCUT2D eigenvalue weighted by molar-refractivity contribution is -0.139. The SMILES string of the molecule is Fc1cc(NCC2COC=N2)ccc1C(F)(F)F. The average molecular weight is 262 g/mol. The van der Waals surface area contributed by atoms with E-state index in [0.717, 1.165) is 6.07 Å². The molecule has 1 heterocycles. The van der Waals surface area contributed by atoms with Crippen LogP contribution in [0.1, 0.15) is 5.56 Å². The van der Waals surface area contributed by atoms with Gasteiger partial charge in [-0.2, -0.15) is 13.2 Å². The van der Waals surface area contributed by atoms with E-state index in [0.29, 0.717) is 19.2 Å². The van der Waals surface area contributed by atoms with Gasteiger partial charge in [-0.15, -0.1) is 0 Å². The highest BCUT2D eigenvalue weighted by molar-refractivity contribution is 5.50. The number of benzene rings is 1. The third kappa shape index (κ3) is 2.91. The zero-order chi connectivity index (χ0) is 13.2. The second-order valence-electron chi connectivity index (χ2n) is 3.81. The number of hydrogen-bond acceptors (Lipinski definition) is 3. The Balaban J connectivity index is 2.02. The fourth-order valence-corrected chi connectivity index (χ4v) is 1.53. The van der Waals surface area contributed by atoms with E-state index in [1.807, 2.05) is 0 Å². The molecule has 1 aliphatic rings. The lowest BCUT2D eigenvalue weighted by atomic mass is 10.2. The molecule has 0 aliphatic carbocycles. The molecule has 0 fully saturated rings. The van der Waals surface area contributed by atoms with Crippen molar-refractivity contribution in [2.75, 3.05) is 18.5 Å². The summed E-state index contributed by atoms with van der Waals surface area (Å²) in [6, 6.07) is 2.62. The van der Waals surface area contributed by atoms with Crippen molar-refractivity contribution in [2.24, 2.45) is 4.99 Å². The van der Waals surface area contributed by atoms with Gasteiger partial charge >= 0.3 is 6.18 Å². The predicted molar refractivity (Wildman–Crippen MR) is 58.1 cm³/mol. The molecular weight excluding hydrogens is 252 g/mol. The van der Waals surface area contributed by atoms with Gasteiger partial charge in [0.15, 0.2) is 6.40 Å². The van der Waals surface area contributed by atoms with Crippen LogP contribution in [0, 0.1) is 5.82 Å². The van der Waals surface area contributed by atoms with Crippen LogP contribution in [-0.4, -0.2) is 25.6 Å². The van der Waals surface area contributed by atoms with E-state index in [4.69, 9.17) is 4.74 Å². The second kappa shape index (κ2) is 4.83. The summed E-state index contributed by atoms with van der Waals surface area (Å²) in [4.78, 5) is 3.95. The summed E-state index contributed by atoms with van der Waals surface area (Å²) in [7, 11) is 0. The van der Waals surface area contributed by atoms with Crippen LogP contribution >= 0.6 is 0 Å². The van der Waals surface area contributed by atoms with Crippen LogP contribution < -0.4 is 5.32 Å². The van der Waals surface area contributed by atoms with Gasteiger partial charge in [-0.05, 0) is 18.2 Å². The third-order valence-corrected chi connectivity index (χ3v) is 2.45. The highest BCUT2D eigenvalue weighted by Gasteiger charge is 2.33. The highest BCUT2D eigenvalue weighted by atomic mass is 19.4. The molecule has 1 aromatic rings. The number of ether oxygens (including phenoxy) is 1.